The lowest BCUT2D eigenvalue weighted by Crippen LogP contribution is -2.24. The summed E-state index contributed by atoms with van der Waals surface area (Å²) in [4.78, 5) is 0. The maximum atomic E-state index is 6.38. The van der Waals surface area contributed by atoms with Crippen LogP contribution < -0.4 is 4.74 Å². The average molecular weight is 529 g/mol. The molecule has 0 unspecified atom stereocenters. The van der Waals surface area contributed by atoms with Crippen molar-refractivity contribution in [1.29, 1.82) is 0 Å². The summed E-state index contributed by atoms with van der Waals surface area (Å²) in [6.07, 6.45) is 0. The van der Waals surface area contributed by atoms with E-state index in [2.05, 4.69) is 123 Å². The maximum absolute atomic E-state index is 6.38. The monoisotopic (exact) mass is 528 g/mol. The molecule has 2 heteroatoms. The van der Waals surface area contributed by atoms with Crippen LogP contribution in [0.15, 0.2) is 138 Å². The van der Waals surface area contributed by atoms with Crippen molar-refractivity contribution in [2.75, 3.05) is 0 Å². The molecule has 6 aromatic carbocycles. The van der Waals surface area contributed by atoms with Crippen molar-refractivity contribution in [3.8, 4) is 45.3 Å². The third-order valence-corrected chi connectivity index (χ3v) is 8.59. The molecule has 2 heterocycles. The fourth-order valence-corrected chi connectivity index (χ4v) is 6.37. The summed E-state index contributed by atoms with van der Waals surface area (Å²) in [5.74, 6) is 3.48. The highest BCUT2D eigenvalue weighted by Gasteiger charge is 2.34. The molecule has 196 valence electrons. The van der Waals surface area contributed by atoms with Crippen LogP contribution in [0.5, 0.6) is 11.5 Å². The second-order valence-electron chi connectivity index (χ2n) is 11.4. The lowest BCUT2D eigenvalue weighted by atomic mass is 9.75. The van der Waals surface area contributed by atoms with E-state index in [9.17, 15) is 0 Å². The first kappa shape index (κ1) is 23.8. The van der Waals surface area contributed by atoms with Gasteiger partial charge in [-0.3, -0.25) is 0 Å². The quantitative estimate of drug-likeness (QED) is 0.213. The molecule has 0 radical (unpaired) electrons. The van der Waals surface area contributed by atoms with Crippen molar-refractivity contribution in [1.82, 2.24) is 0 Å². The summed E-state index contributed by atoms with van der Waals surface area (Å²) in [6, 6.07) is 47.1. The third kappa shape index (κ3) is 3.79. The molecule has 0 spiro atoms. The van der Waals surface area contributed by atoms with Gasteiger partial charge < -0.3 is 9.15 Å². The molecule has 1 aliphatic heterocycles. The Morgan fingerprint density at radius 3 is 2.02 bits per heavy atom. The average Bonchev–Trinajstić information content (AvgIpc) is 3.51. The molecule has 0 saturated carbocycles. The van der Waals surface area contributed by atoms with Crippen LogP contribution in [-0.4, -0.2) is 0 Å². The minimum atomic E-state index is -0.129. The first-order chi connectivity index (χ1) is 20.1. The number of ether oxygens (including phenoxy) is 1. The predicted octanol–water partition coefficient (Wildman–Crippen LogP) is 11.0. The van der Waals surface area contributed by atoms with Crippen molar-refractivity contribution in [3.05, 3.63) is 145 Å². The lowest BCUT2D eigenvalue weighted by molar-refractivity contribution is 0.418. The van der Waals surface area contributed by atoms with Crippen molar-refractivity contribution >= 4 is 21.5 Å². The van der Waals surface area contributed by atoms with Gasteiger partial charge in [0, 0.05) is 27.7 Å². The van der Waals surface area contributed by atoms with Gasteiger partial charge in [0.1, 0.15) is 23.0 Å². The minimum absolute atomic E-state index is 0.129. The molecule has 8 rings (SSSR count). The lowest BCUT2D eigenvalue weighted by Gasteiger charge is -2.34. The van der Waals surface area contributed by atoms with Gasteiger partial charge in [-0.1, -0.05) is 123 Å². The van der Waals surface area contributed by atoms with E-state index in [1.54, 1.807) is 0 Å². The van der Waals surface area contributed by atoms with E-state index in [4.69, 9.17) is 9.15 Å². The standard InChI is InChI=1S/C39H28O2/c1-39(2)33-12-5-6-13-37(33)41-38-24-28(19-21-34(38)39)36-23-22-35(40-36)27-16-14-26(15-17-27)30-10-7-11-31-29-9-4-3-8-25(29)18-20-32(30)31/h3-24H,1-2H3. The first-order valence-electron chi connectivity index (χ1n) is 14.1. The van der Waals surface area contributed by atoms with Crippen LogP contribution in [0, 0.1) is 0 Å². The van der Waals surface area contributed by atoms with Crippen molar-refractivity contribution < 1.29 is 9.15 Å². The number of hydrogen-bond donors (Lipinski definition) is 0. The summed E-state index contributed by atoms with van der Waals surface area (Å²) < 4.78 is 12.7. The molecule has 7 aromatic rings. The second kappa shape index (κ2) is 8.97. The van der Waals surface area contributed by atoms with Crippen LogP contribution in [0.2, 0.25) is 0 Å². The molecule has 0 fully saturated rings. The number of hydrogen-bond acceptors (Lipinski definition) is 2. The Morgan fingerprint density at radius 2 is 1.15 bits per heavy atom. The van der Waals surface area contributed by atoms with Gasteiger partial charge in [-0.15, -0.1) is 0 Å². The number of furan rings is 1. The molecule has 0 N–H and O–H groups in total. The summed E-state index contributed by atoms with van der Waals surface area (Å²) in [5, 5.41) is 5.09. The Morgan fingerprint density at radius 1 is 0.463 bits per heavy atom. The van der Waals surface area contributed by atoms with Crippen LogP contribution in [0.4, 0.5) is 0 Å². The molecule has 41 heavy (non-hydrogen) atoms. The van der Waals surface area contributed by atoms with Crippen LogP contribution in [-0.2, 0) is 5.41 Å². The molecule has 0 saturated heterocycles. The smallest absolute Gasteiger partial charge is 0.134 e. The SMILES string of the molecule is CC1(C)c2ccccc2Oc2cc(-c3ccc(-c4ccc(-c5cccc6c5ccc5ccccc56)cc4)o3)ccc21. The molecule has 0 bridgehead atoms. The Bertz CT molecular complexity index is 2090. The summed E-state index contributed by atoms with van der Waals surface area (Å²) in [7, 11) is 0. The van der Waals surface area contributed by atoms with E-state index in [-0.39, 0.29) is 5.41 Å². The van der Waals surface area contributed by atoms with Gasteiger partial charge in [0.25, 0.3) is 0 Å². The third-order valence-electron chi connectivity index (χ3n) is 8.59. The minimum Gasteiger partial charge on any atom is -0.457 e. The topological polar surface area (TPSA) is 22.4 Å². The molecule has 0 aliphatic carbocycles. The molecule has 2 nitrogen and oxygen atoms in total. The Hall–Kier alpha value is -5.08. The highest BCUT2D eigenvalue weighted by Crippen LogP contribution is 2.48. The number of fused-ring (bicyclic) bond motifs is 5. The zero-order valence-corrected chi connectivity index (χ0v) is 23.0. The van der Waals surface area contributed by atoms with Crippen LogP contribution in [0.1, 0.15) is 25.0 Å². The molecule has 0 atom stereocenters. The number of benzene rings is 6. The Kier molecular flexibility index (Phi) is 5.20. The van der Waals surface area contributed by atoms with E-state index in [0.717, 1.165) is 34.1 Å². The van der Waals surface area contributed by atoms with Gasteiger partial charge >= 0.3 is 0 Å². The van der Waals surface area contributed by atoms with Gasteiger partial charge in [-0.25, -0.2) is 0 Å². The molecule has 0 amide bonds. The molecule has 1 aromatic heterocycles. The van der Waals surface area contributed by atoms with E-state index < -0.39 is 0 Å². The normalized spacial score (nSPS) is 13.5. The predicted molar refractivity (Wildman–Crippen MR) is 169 cm³/mol. The first-order valence-corrected chi connectivity index (χ1v) is 14.1. The van der Waals surface area contributed by atoms with Gasteiger partial charge in [-0.2, -0.15) is 0 Å². The van der Waals surface area contributed by atoms with Gasteiger partial charge in [0.2, 0.25) is 0 Å². The van der Waals surface area contributed by atoms with Crippen LogP contribution >= 0.6 is 0 Å². The van der Waals surface area contributed by atoms with Gasteiger partial charge in [-0.05, 0) is 56.9 Å². The number of rotatable bonds is 3. The van der Waals surface area contributed by atoms with Crippen molar-refractivity contribution in [3.63, 3.8) is 0 Å². The maximum Gasteiger partial charge on any atom is 0.134 e. The summed E-state index contributed by atoms with van der Waals surface area (Å²) in [5.41, 5.74) is 6.75. The van der Waals surface area contributed by atoms with Crippen LogP contribution in [0.3, 0.4) is 0 Å². The molecular weight excluding hydrogens is 500 g/mol. The number of para-hydroxylation sites is 1. The highest BCUT2D eigenvalue weighted by atomic mass is 16.5. The van der Waals surface area contributed by atoms with Crippen molar-refractivity contribution in [2.24, 2.45) is 0 Å². The Labute approximate surface area is 239 Å². The zero-order chi connectivity index (χ0) is 27.6. The molecule has 1 aliphatic rings. The fraction of sp³-hybridized carbons (Fsp3) is 0.0769. The Balaban J connectivity index is 1.11. The van der Waals surface area contributed by atoms with E-state index in [1.807, 2.05) is 24.3 Å². The largest absolute Gasteiger partial charge is 0.457 e. The van der Waals surface area contributed by atoms with E-state index in [0.29, 0.717) is 0 Å². The fourth-order valence-electron chi connectivity index (χ4n) is 6.37. The summed E-state index contributed by atoms with van der Waals surface area (Å²) in [6.45, 7) is 4.50. The highest BCUT2D eigenvalue weighted by molar-refractivity contribution is 6.12. The van der Waals surface area contributed by atoms with E-state index in [1.165, 1.54) is 43.8 Å². The summed E-state index contributed by atoms with van der Waals surface area (Å²) >= 11 is 0. The van der Waals surface area contributed by atoms with Crippen molar-refractivity contribution in [2.45, 2.75) is 19.3 Å². The van der Waals surface area contributed by atoms with Gasteiger partial charge in [0.15, 0.2) is 0 Å². The van der Waals surface area contributed by atoms with Crippen LogP contribution in [0.25, 0.3) is 55.3 Å². The van der Waals surface area contributed by atoms with E-state index >= 15 is 0 Å². The molecular formula is C39H28O2. The zero-order valence-electron chi connectivity index (χ0n) is 23.0. The second-order valence-corrected chi connectivity index (χ2v) is 11.4. The van der Waals surface area contributed by atoms with Gasteiger partial charge in [0.05, 0.1) is 0 Å².